The van der Waals surface area contributed by atoms with Crippen LogP contribution >= 0.6 is 0 Å². The number of halogens is 2. The molecule has 5 heteroatoms. The Morgan fingerprint density at radius 2 is 2.00 bits per heavy atom. The maximum Gasteiger partial charge on any atom is 0.138 e. The Morgan fingerprint density at radius 3 is 2.45 bits per heavy atom. The molecule has 0 fully saturated rings. The first-order chi connectivity index (χ1) is 5.11. The Labute approximate surface area is 64.1 Å². The fraction of sp³-hybridized carbons (Fsp3) is 0. The van der Waals surface area contributed by atoms with Crippen LogP contribution in [0.25, 0.3) is 0 Å². The van der Waals surface area contributed by atoms with Crippen LogP contribution in [0.5, 0.6) is 0 Å². The molecule has 0 aliphatic heterocycles. The summed E-state index contributed by atoms with van der Waals surface area (Å²) in [6.07, 6.45) is 0. The average Bonchev–Trinajstić information content (AvgIpc) is 1.94. The number of rotatable bonds is 1. The zero-order valence-corrected chi connectivity index (χ0v) is 6.03. The standard InChI is InChI=1S/C6H4F2O2S/c7-4-1-2-5(8)6(3-4)11(9)10/h1-3H,(H,9,10)/p-1. The van der Waals surface area contributed by atoms with Crippen LogP contribution in [0.1, 0.15) is 0 Å². The van der Waals surface area contributed by atoms with Gasteiger partial charge in [0, 0.05) is 0 Å². The van der Waals surface area contributed by atoms with E-state index in [1.54, 1.807) is 0 Å². The van der Waals surface area contributed by atoms with Gasteiger partial charge in [-0.1, -0.05) is 0 Å². The zero-order valence-electron chi connectivity index (χ0n) is 5.21. The molecule has 0 bridgehead atoms. The molecule has 2 nitrogen and oxygen atoms in total. The van der Waals surface area contributed by atoms with Crippen molar-refractivity contribution in [2.45, 2.75) is 4.90 Å². The average molecular weight is 177 g/mol. The predicted molar refractivity (Wildman–Crippen MR) is 33.5 cm³/mol. The highest BCUT2D eigenvalue weighted by Crippen LogP contribution is 2.11. The third-order valence-electron chi connectivity index (χ3n) is 1.07. The fourth-order valence-corrected chi connectivity index (χ4v) is 1.04. The fourth-order valence-electron chi connectivity index (χ4n) is 0.605. The summed E-state index contributed by atoms with van der Waals surface area (Å²) < 4.78 is 45.1. The van der Waals surface area contributed by atoms with Gasteiger partial charge >= 0.3 is 0 Å². The molecule has 11 heavy (non-hydrogen) atoms. The van der Waals surface area contributed by atoms with Gasteiger partial charge in [0.15, 0.2) is 0 Å². The second-order valence-corrected chi connectivity index (χ2v) is 2.72. The molecule has 1 aromatic carbocycles. The largest absolute Gasteiger partial charge is 0.768 e. The molecule has 1 rings (SSSR count). The Kier molecular flexibility index (Phi) is 2.31. The first-order valence-corrected chi connectivity index (χ1v) is 3.73. The lowest BCUT2D eigenvalue weighted by Crippen LogP contribution is -1.94. The van der Waals surface area contributed by atoms with Gasteiger partial charge in [0.1, 0.15) is 11.6 Å². The molecular formula is C6H3F2O2S-. The molecule has 1 atom stereocenters. The monoisotopic (exact) mass is 177 g/mol. The Balaban J connectivity index is 3.23. The lowest BCUT2D eigenvalue weighted by atomic mass is 10.3. The van der Waals surface area contributed by atoms with Crippen LogP contribution in [0.15, 0.2) is 23.1 Å². The van der Waals surface area contributed by atoms with E-state index in [4.69, 9.17) is 0 Å². The van der Waals surface area contributed by atoms with E-state index >= 15 is 0 Å². The number of benzene rings is 1. The summed E-state index contributed by atoms with van der Waals surface area (Å²) in [5.74, 6) is -1.72. The van der Waals surface area contributed by atoms with E-state index in [0.29, 0.717) is 6.07 Å². The van der Waals surface area contributed by atoms with Crippen LogP contribution in [-0.2, 0) is 11.1 Å². The molecule has 0 spiro atoms. The lowest BCUT2D eigenvalue weighted by molar-refractivity contribution is 0.518. The van der Waals surface area contributed by atoms with Gasteiger partial charge in [0.2, 0.25) is 0 Å². The molecule has 0 aliphatic rings. The molecule has 0 saturated carbocycles. The summed E-state index contributed by atoms with van der Waals surface area (Å²) in [7, 11) is 0. The van der Waals surface area contributed by atoms with Crippen molar-refractivity contribution in [2.24, 2.45) is 0 Å². The quantitative estimate of drug-likeness (QED) is 0.605. The topological polar surface area (TPSA) is 40.1 Å². The molecule has 0 heterocycles. The Morgan fingerprint density at radius 1 is 1.36 bits per heavy atom. The molecule has 0 aromatic heterocycles. The van der Waals surface area contributed by atoms with Gasteiger partial charge in [0.05, 0.1) is 4.90 Å². The van der Waals surface area contributed by atoms with Crippen molar-refractivity contribution in [1.82, 2.24) is 0 Å². The smallest absolute Gasteiger partial charge is 0.138 e. The molecule has 60 valence electrons. The highest BCUT2D eigenvalue weighted by atomic mass is 32.2. The highest BCUT2D eigenvalue weighted by Gasteiger charge is 2.02. The molecular weight excluding hydrogens is 174 g/mol. The van der Waals surface area contributed by atoms with E-state index < -0.39 is 27.6 Å². The third-order valence-corrected chi connectivity index (χ3v) is 1.74. The van der Waals surface area contributed by atoms with Gasteiger partial charge in [-0.3, -0.25) is 4.21 Å². The second-order valence-electron chi connectivity index (χ2n) is 1.81. The normalized spacial score (nSPS) is 13.0. The summed E-state index contributed by atoms with van der Waals surface area (Å²) >= 11 is -2.72. The minimum absolute atomic E-state index is 0.623. The van der Waals surface area contributed by atoms with Crippen LogP contribution < -0.4 is 0 Å². The van der Waals surface area contributed by atoms with E-state index in [-0.39, 0.29) is 0 Å². The lowest BCUT2D eigenvalue weighted by Gasteiger charge is -2.04. The van der Waals surface area contributed by atoms with Crippen LogP contribution in [0.4, 0.5) is 8.78 Å². The molecule has 0 aliphatic carbocycles. The van der Waals surface area contributed by atoms with Crippen molar-refractivity contribution in [3.8, 4) is 0 Å². The van der Waals surface area contributed by atoms with Gasteiger partial charge in [-0.2, -0.15) is 0 Å². The minimum Gasteiger partial charge on any atom is -0.768 e. The van der Waals surface area contributed by atoms with Crippen molar-refractivity contribution < 1.29 is 17.5 Å². The number of hydrogen-bond acceptors (Lipinski definition) is 2. The van der Waals surface area contributed by atoms with Crippen molar-refractivity contribution in [2.75, 3.05) is 0 Å². The predicted octanol–water partition coefficient (Wildman–Crippen LogP) is 1.20. The van der Waals surface area contributed by atoms with Crippen LogP contribution in [0.3, 0.4) is 0 Å². The third kappa shape index (κ3) is 1.81. The molecule has 0 saturated heterocycles. The molecule has 0 amide bonds. The van der Waals surface area contributed by atoms with Gasteiger partial charge in [-0.05, 0) is 29.3 Å². The minimum atomic E-state index is -2.72. The first kappa shape index (κ1) is 8.29. The summed E-state index contributed by atoms with van der Waals surface area (Å²) in [5, 5.41) is 0. The number of hydrogen-bond donors (Lipinski definition) is 0. The summed E-state index contributed by atoms with van der Waals surface area (Å²) in [6.45, 7) is 0. The van der Waals surface area contributed by atoms with Crippen molar-refractivity contribution in [3.05, 3.63) is 29.8 Å². The van der Waals surface area contributed by atoms with Crippen molar-refractivity contribution in [1.29, 1.82) is 0 Å². The maximum atomic E-state index is 12.5. The maximum absolute atomic E-state index is 12.5. The second kappa shape index (κ2) is 3.06. The van der Waals surface area contributed by atoms with Crippen molar-refractivity contribution >= 4 is 11.1 Å². The van der Waals surface area contributed by atoms with Gasteiger partial charge in [-0.15, -0.1) is 0 Å². The van der Waals surface area contributed by atoms with E-state index in [2.05, 4.69) is 0 Å². The molecule has 0 radical (unpaired) electrons. The van der Waals surface area contributed by atoms with E-state index in [0.717, 1.165) is 12.1 Å². The summed E-state index contributed by atoms with van der Waals surface area (Å²) in [6, 6.07) is 2.24. The van der Waals surface area contributed by atoms with E-state index in [1.165, 1.54) is 0 Å². The van der Waals surface area contributed by atoms with Gasteiger partial charge in [-0.25, -0.2) is 8.78 Å². The molecule has 1 unspecified atom stereocenters. The van der Waals surface area contributed by atoms with Gasteiger partial charge in [0.25, 0.3) is 0 Å². The Hall–Kier alpha value is -0.810. The SMILES string of the molecule is O=S([O-])c1cc(F)ccc1F. The van der Waals surface area contributed by atoms with Crippen LogP contribution in [-0.4, -0.2) is 8.76 Å². The van der Waals surface area contributed by atoms with Crippen LogP contribution in [0, 0.1) is 11.6 Å². The van der Waals surface area contributed by atoms with Crippen molar-refractivity contribution in [3.63, 3.8) is 0 Å². The van der Waals surface area contributed by atoms with Gasteiger partial charge < -0.3 is 4.55 Å². The zero-order chi connectivity index (χ0) is 8.43. The highest BCUT2D eigenvalue weighted by molar-refractivity contribution is 7.79. The first-order valence-electron chi connectivity index (χ1n) is 2.65. The van der Waals surface area contributed by atoms with Crippen LogP contribution in [0.2, 0.25) is 0 Å². The molecule has 0 N–H and O–H groups in total. The summed E-state index contributed by atoms with van der Waals surface area (Å²) in [4.78, 5) is -0.648. The summed E-state index contributed by atoms with van der Waals surface area (Å²) in [5.41, 5.74) is 0. The van der Waals surface area contributed by atoms with E-state index in [1.807, 2.05) is 0 Å². The Bertz CT molecular complexity index is 301. The molecule has 1 aromatic rings. The van der Waals surface area contributed by atoms with E-state index in [9.17, 15) is 17.5 Å².